The molecule has 2 heteroatoms. The van der Waals surface area contributed by atoms with Gasteiger partial charge in [0.05, 0.1) is 5.75 Å². The number of rotatable bonds is 3. The Morgan fingerprint density at radius 3 is 2.60 bits per heavy atom. The highest BCUT2D eigenvalue weighted by Gasteiger charge is 1.91. The maximum Gasteiger partial charge on any atom is 0.523 e. The van der Waals surface area contributed by atoms with Crippen LogP contribution in [0.5, 0.6) is 5.75 Å². The second-order valence-corrected chi connectivity index (χ2v) is 3.39. The van der Waals surface area contributed by atoms with Crippen LogP contribution in [0.2, 0.25) is 5.28 Å². The Morgan fingerprint density at radius 2 is 2.00 bits per heavy atom. The van der Waals surface area contributed by atoms with E-state index in [9.17, 15) is 0 Å². The number of benzene rings is 1. The Labute approximate surface area is 68.1 Å². The van der Waals surface area contributed by atoms with Gasteiger partial charge in [-0.1, -0.05) is 30.4 Å². The van der Waals surface area contributed by atoms with Crippen molar-refractivity contribution in [3.8, 4) is 5.75 Å². The van der Waals surface area contributed by atoms with Crippen LogP contribution in [0.3, 0.4) is 0 Å². The van der Waals surface area contributed by atoms with Crippen LogP contribution in [0.4, 0.5) is 0 Å². The fourth-order valence-electron chi connectivity index (χ4n) is 0.679. The van der Waals surface area contributed by atoms with E-state index in [0.717, 1.165) is 11.0 Å². The topological polar surface area (TPSA) is 9.23 Å². The molecule has 1 radical (unpaired) electrons. The third kappa shape index (κ3) is 2.43. The molecule has 0 bridgehead atoms. The minimum atomic E-state index is 0.158. The highest BCUT2D eigenvalue weighted by Crippen LogP contribution is 2.07. The van der Waals surface area contributed by atoms with E-state index in [4.69, 9.17) is 3.79 Å². The van der Waals surface area contributed by atoms with Gasteiger partial charge in [0.1, 0.15) is 0 Å². The van der Waals surface area contributed by atoms with Gasteiger partial charge in [0.25, 0.3) is 0 Å². The van der Waals surface area contributed by atoms with Crippen LogP contribution in [0.15, 0.2) is 30.3 Å². The molecule has 0 spiro atoms. The van der Waals surface area contributed by atoms with E-state index in [1.165, 1.54) is 0 Å². The molecule has 0 aliphatic carbocycles. The Bertz CT molecular complexity index is 174. The van der Waals surface area contributed by atoms with Crippen molar-refractivity contribution in [1.82, 2.24) is 0 Å². The molecule has 1 aromatic rings. The standard InChI is InChI=1S/C6H6O.C2H5.Al/c7-6-4-2-1-3-5-6;1-2;/h1-5,7H;1H2,2H3;/q;;+1/p-1. The maximum absolute atomic E-state index is 5.44. The van der Waals surface area contributed by atoms with Gasteiger partial charge in [-0.25, -0.2) is 0 Å². The summed E-state index contributed by atoms with van der Waals surface area (Å²) in [5.74, 6) is 0.999. The fraction of sp³-hybridized carbons (Fsp3) is 0.250. The predicted molar refractivity (Wildman–Crippen MR) is 43.3 cm³/mol. The van der Waals surface area contributed by atoms with Crippen LogP contribution in [-0.2, 0) is 0 Å². The largest absolute Gasteiger partial charge is 0.648 e. The second-order valence-electron chi connectivity index (χ2n) is 2.01. The molecule has 0 amide bonds. The fourth-order valence-corrected chi connectivity index (χ4v) is 1.19. The first kappa shape index (κ1) is 7.66. The Balaban J connectivity index is 2.43. The third-order valence-corrected chi connectivity index (χ3v) is 1.90. The van der Waals surface area contributed by atoms with Crippen LogP contribution >= 0.6 is 0 Å². The minimum absolute atomic E-state index is 0.158. The van der Waals surface area contributed by atoms with Crippen molar-refractivity contribution in [1.29, 1.82) is 0 Å². The first-order valence-electron chi connectivity index (χ1n) is 3.47. The second kappa shape index (κ2) is 4.38. The van der Waals surface area contributed by atoms with Gasteiger partial charge in [-0.15, -0.1) is 0 Å². The molecule has 0 aliphatic rings. The van der Waals surface area contributed by atoms with Crippen molar-refractivity contribution in [2.75, 3.05) is 0 Å². The Hall–Kier alpha value is -0.448. The lowest BCUT2D eigenvalue weighted by Gasteiger charge is -2.02. The smallest absolute Gasteiger partial charge is 0.523 e. The van der Waals surface area contributed by atoms with Crippen molar-refractivity contribution in [2.45, 2.75) is 12.2 Å². The summed E-state index contributed by atoms with van der Waals surface area (Å²) in [5, 5.41) is 1.15. The van der Waals surface area contributed by atoms with Gasteiger partial charge in [0.2, 0.25) is 0 Å². The average Bonchev–Trinajstić information content (AvgIpc) is 2.03. The molecule has 0 fully saturated rings. The molecule has 0 N–H and O–H groups in total. The summed E-state index contributed by atoms with van der Waals surface area (Å²) in [7, 11) is 0. The number of hydrogen-bond acceptors (Lipinski definition) is 1. The van der Waals surface area contributed by atoms with Crippen molar-refractivity contribution in [3.05, 3.63) is 30.3 Å². The zero-order valence-electron chi connectivity index (χ0n) is 6.08. The van der Waals surface area contributed by atoms with Crippen molar-refractivity contribution in [3.63, 3.8) is 0 Å². The average molecular weight is 149 g/mol. The molecule has 1 aromatic carbocycles. The van der Waals surface area contributed by atoms with Crippen LogP contribution < -0.4 is 3.79 Å². The summed E-state index contributed by atoms with van der Waals surface area (Å²) >= 11 is 0.158. The molecule has 0 heterocycles. The van der Waals surface area contributed by atoms with E-state index in [1.54, 1.807) is 0 Å². The van der Waals surface area contributed by atoms with E-state index in [-0.39, 0.29) is 15.6 Å². The van der Waals surface area contributed by atoms with E-state index in [1.807, 2.05) is 30.3 Å². The Kier molecular flexibility index (Phi) is 3.35. The first-order valence-corrected chi connectivity index (χ1v) is 4.75. The maximum atomic E-state index is 5.44. The van der Waals surface area contributed by atoms with Crippen molar-refractivity contribution in [2.24, 2.45) is 0 Å². The van der Waals surface area contributed by atoms with Gasteiger partial charge in [0.15, 0.2) is 0 Å². The highest BCUT2D eigenvalue weighted by atomic mass is 27.1. The molecule has 0 saturated carbocycles. The van der Waals surface area contributed by atoms with Gasteiger partial charge < -0.3 is 3.79 Å². The highest BCUT2D eigenvalue weighted by molar-refractivity contribution is 6.28. The molecule has 0 saturated heterocycles. The van der Waals surface area contributed by atoms with E-state index < -0.39 is 0 Å². The van der Waals surface area contributed by atoms with E-state index >= 15 is 0 Å². The van der Waals surface area contributed by atoms with E-state index in [0.29, 0.717) is 0 Å². The summed E-state index contributed by atoms with van der Waals surface area (Å²) < 4.78 is 5.44. The summed E-state index contributed by atoms with van der Waals surface area (Å²) in [6.07, 6.45) is 0. The van der Waals surface area contributed by atoms with Gasteiger partial charge in [-0.3, -0.25) is 0 Å². The lowest BCUT2D eigenvalue weighted by Crippen LogP contribution is -1.98. The van der Waals surface area contributed by atoms with Crippen molar-refractivity contribution < 1.29 is 3.79 Å². The molecular weight excluding hydrogens is 139 g/mol. The van der Waals surface area contributed by atoms with E-state index in [2.05, 4.69) is 6.92 Å². The summed E-state index contributed by atoms with van der Waals surface area (Å²) in [4.78, 5) is 0. The van der Waals surface area contributed by atoms with Crippen LogP contribution in [0.1, 0.15) is 6.92 Å². The van der Waals surface area contributed by atoms with Crippen molar-refractivity contribution >= 4 is 15.6 Å². The van der Waals surface area contributed by atoms with Gasteiger partial charge in [0, 0.05) is 0 Å². The molecule has 0 unspecified atom stereocenters. The van der Waals surface area contributed by atoms with Crippen LogP contribution in [-0.4, -0.2) is 15.6 Å². The normalized spacial score (nSPS) is 8.90. The summed E-state index contributed by atoms with van der Waals surface area (Å²) in [5.41, 5.74) is 0. The molecule has 10 heavy (non-hydrogen) atoms. The molecule has 1 nitrogen and oxygen atoms in total. The number of para-hydroxylation sites is 1. The van der Waals surface area contributed by atoms with Gasteiger partial charge in [-0.2, -0.15) is 0 Å². The third-order valence-electron chi connectivity index (χ3n) is 1.13. The molecule has 0 aromatic heterocycles. The summed E-state index contributed by atoms with van der Waals surface area (Å²) in [6, 6.07) is 9.95. The first-order chi connectivity index (χ1) is 4.93. The molecular formula is C8H10AlO. The molecule has 51 valence electrons. The quantitative estimate of drug-likeness (QED) is 0.598. The monoisotopic (exact) mass is 149 g/mol. The minimum Gasteiger partial charge on any atom is -0.648 e. The SMILES string of the molecule is C[CH2][Al][O]c1ccccc1. The molecule has 0 aliphatic heterocycles. The predicted octanol–water partition coefficient (Wildman–Crippen LogP) is 2.12. The van der Waals surface area contributed by atoms with Gasteiger partial charge in [-0.05, 0) is 12.1 Å². The zero-order chi connectivity index (χ0) is 7.23. The lowest BCUT2D eigenvalue weighted by atomic mass is 10.3. The lowest BCUT2D eigenvalue weighted by molar-refractivity contribution is 0.594. The van der Waals surface area contributed by atoms with Gasteiger partial charge >= 0.3 is 15.6 Å². The van der Waals surface area contributed by atoms with Crippen LogP contribution in [0, 0.1) is 0 Å². The Morgan fingerprint density at radius 1 is 1.30 bits per heavy atom. The zero-order valence-corrected chi connectivity index (χ0v) is 7.23. The molecule has 0 atom stereocenters. The number of hydrogen-bond donors (Lipinski definition) is 0. The summed E-state index contributed by atoms with van der Waals surface area (Å²) in [6.45, 7) is 2.14. The van der Waals surface area contributed by atoms with Crippen LogP contribution in [0.25, 0.3) is 0 Å². The molecule has 1 rings (SSSR count).